The number of hydrogen-bond donors (Lipinski definition) is 1. The number of ether oxygens (including phenoxy) is 1. The minimum absolute atomic E-state index is 0.213. The van der Waals surface area contributed by atoms with Gasteiger partial charge in [-0.05, 0) is 63.4 Å². The van der Waals surface area contributed by atoms with Crippen molar-refractivity contribution in [2.24, 2.45) is 0 Å². The number of nitrogens with one attached hydrogen (secondary N) is 1. The Labute approximate surface area is 199 Å². The number of piperazine rings is 1. The smallest absolute Gasteiger partial charge is 0.255 e. The summed E-state index contributed by atoms with van der Waals surface area (Å²) in [6.45, 7) is 6.29. The van der Waals surface area contributed by atoms with Crippen LogP contribution in [0.4, 0.5) is 5.69 Å². The molecule has 10 heteroatoms. The zero-order chi connectivity index (χ0) is 24.3. The van der Waals surface area contributed by atoms with Gasteiger partial charge < -0.3 is 19.5 Å². The highest BCUT2D eigenvalue weighted by atomic mass is 32.2. The molecule has 2 aromatic carbocycles. The van der Waals surface area contributed by atoms with Crippen LogP contribution in [0, 0.1) is 13.8 Å². The lowest BCUT2D eigenvalue weighted by molar-refractivity contribution is 0.102. The normalized spacial score (nSPS) is 15.3. The Kier molecular flexibility index (Phi) is 7.01. The van der Waals surface area contributed by atoms with Crippen molar-refractivity contribution in [2.75, 3.05) is 38.5 Å². The molecule has 180 valence electrons. The summed E-state index contributed by atoms with van der Waals surface area (Å²) in [6.07, 6.45) is 0. The van der Waals surface area contributed by atoms with Gasteiger partial charge in [0.2, 0.25) is 10.0 Å². The molecule has 0 aliphatic carbocycles. The number of carbonyl (C=O) groups is 1. The topological polar surface area (TPSA) is 105 Å². The Morgan fingerprint density at radius 3 is 2.44 bits per heavy atom. The highest BCUT2D eigenvalue weighted by Crippen LogP contribution is 2.22. The van der Waals surface area contributed by atoms with Crippen LogP contribution in [0.1, 0.15) is 27.4 Å². The highest BCUT2D eigenvalue weighted by molar-refractivity contribution is 7.89. The summed E-state index contributed by atoms with van der Waals surface area (Å²) in [5.74, 6) is 0.920. The highest BCUT2D eigenvalue weighted by Gasteiger charge is 2.27. The molecule has 4 rings (SSSR count). The number of hydrogen-bond acceptors (Lipinski definition) is 7. The lowest BCUT2D eigenvalue weighted by atomic mass is 10.2. The second-order valence-electron chi connectivity index (χ2n) is 8.31. The summed E-state index contributed by atoms with van der Waals surface area (Å²) in [4.78, 5) is 15.1. The Hall–Kier alpha value is -3.21. The van der Waals surface area contributed by atoms with Crippen LogP contribution in [-0.4, -0.2) is 61.9 Å². The number of aromatic nitrogens is 1. The first kappa shape index (κ1) is 23.9. The Morgan fingerprint density at radius 2 is 1.79 bits per heavy atom. The summed E-state index contributed by atoms with van der Waals surface area (Å²) in [7, 11) is -1.58. The van der Waals surface area contributed by atoms with Crippen molar-refractivity contribution in [3.63, 3.8) is 0 Å². The van der Waals surface area contributed by atoms with Crippen molar-refractivity contribution >= 4 is 21.6 Å². The van der Waals surface area contributed by atoms with Crippen LogP contribution in [0.25, 0.3) is 0 Å². The van der Waals surface area contributed by atoms with E-state index in [1.54, 1.807) is 36.4 Å². The Bertz CT molecular complexity index is 1240. The Morgan fingerprint density at radius 1 is 1.09 bits per heavy atom. The molecule has 3 aromatic rings. The van der Waals surface area contributed by atoms with Gasteiger partial charge in [-0.3, -0.25) is 4.79 Å². The number of carbonyl (C=O) groups excluding carboxylic acids is 1. The first-order valence-electron chi connectivity index (χ1n) is 11.0. The molecule has 1 fully saturated rings. The van der Waals surface area contributed by atoms with Crippen molar-refractivity contribution in [1.82, 2.24) is 14.4 Å². The van der Waals surface area contributed by atoms with Crippen LogP contribution in [-0.2, 0) is 16.6 Å². The van der Waals surface area contributed by atoms with Gasteiger partial charge in [-0.2, -0.15) is 4.31 Å². The number of amides is 1. The fraction of sp³-hybridized carbons (Fsp3) is 0.333. The van der Waals surface area contributed by atoms with E-state index in [0.717, 1.165) is 11.3 Å². The standard InChI is InChI=1S/C24H28N4O5S/c1-17-23(18(2)33-26-17)16-32-21-6-4-5-19(15-21)24(29)25-20-7-9-22(10-8-20)34(30,31)28-13-11-27(3)12-14-28/h4-10,15H,11-14,16H2,1-3H3,(H,25,29). The molecule has 9 nitrogen and oxygen atoms in total. The lowest BCUT2D eigenvalue weighted by Crippen LogP contribution is -2.46. The van der Waals surface area contributed by atoms with E-state index in [4.69, 9.17) is 9.26 Å². The first-order chi connectivity index (χ1) is 16.2. The third-order valence-corrected chi connectivity index (χ3v) is 7.79. The van der Waals surface area contributed by atoms with E-state index >= 15 is 0 Å². The molecule has 2 heterocycles. The number of aryl methyl sites for hydroxylation is 2. The molecule has 0 spiro atoms. The van der Waals surface area contributed by atoms with Gasteiger partial charge in [-0.15, -0.1) is 0 Å². The van der Waals surface area contributed by atoms with Gasteiger partial charge in [0.15, 0.2) is 0 Å². The van der Waals surface area contributed by atoms with E-state index in [0.29, 0.717) is 48.9 Å². The van der Waals surface area contributed by atoms with E-state index in [2.05, 4.69) is 15.4 Å². The quantitative estimate of drug-likeness (QED) is 0.549. The maximum Gasteiger partial charge on any atom is 0.255 e. The van der Waals surface area contributed by atoms with Crippen molar-refractivity contribution in [1.29, 1.82) is 0 Å². The predicted octanol–water partition coefficient (Wildman–Crippen LogP) is 3.06. The molecule has 1 aromatic heterocycles. The summed E-state index contributed by atoms with van der Waals surface area (Å²) in [5.41, 5.74) is 2.57. The van der Waals surface area contributed by atoms with Gasteiger partial charge in [-0.1, -0.05) is 11.2 Å². The summed E-state index contributed by atoms with van der Waals surface area (Å²) >= 11 is 0. The second kappa shape index (κ2) is 9.96. The fourth-order valence-electron chi connectivity index (χ4n) is 3.68. The van der Waals surface area contributed by atoms with Crippen LogP contribution in [0.3, 0.4) is 0 Å². The number of nitrogens with zero attached hydrogens (tertiary/aromatic N) is 3. The molecular weight excluding hydrogens is 456 g/mol. The van der Waals surface area contributed by atoms with E-state index in [1.165, 1.54) is 16.4 Å². The largest absolute Gasteiger partial charge is 0.489 e. The number of rotatable bonds is 7. The Balaban J connectivity index is 1.39. The molecule has 1 aliphatic heterocycles. The fourth-order valence-corrected chi connectivity index (χ4v) is 5.10. The number of anilines is 1. The van der Waals surface area contributed by atoms with Crippen LogP contribution in [0.15, 0.2) is 57.9 Å². The van der Waals surface area contributed by atoms with E-state index < -0.39 is 10.0 Å². The molecule has 0 atom stereocenters. The molecule has 34 heavy (non-hydrogen) atoms. The van der Waals surface area contributed by atoms with Crippen LogP contribution < -0.4 is 10.1 Å². The molecule has 0 saturated carbocycles. The lowest BCUT2D eigenvalue weighted by Gasteiger charge is -2.31. The minimum atomic E-state index is -3.55. The van der Waals surface area contributed by atoms with Crippen LogP contribution in [0.2, 0.25) is 0 Å². The van der Waals surface area contributed by atoms with Gasteiger partial charge in [0, 0.05) is 37.4 Å². The SMILES string of the molecule is Cc1noc(C)c1COc1cccc(C(=O)Nc2ccc(S(=O)(=O)N3CCN(C)CC3)cc2)c1. The van der Waals surface area contributed by atoms with Crippen molar-refractivity contribution in [2.45, 2.75) is 25.3 Å². The maximum absolute atomic E-state index is 12.9. The number of benzene rings is 2. The van der Waals surface area contributed by atoms with Gasteiger partial charge >= 0.3 is 0 Å². The monoisotopic (exact) mass is 484 g/mol. The average molecular weight is 485 g/mol. The van der Waals surface area contributed by atoms with Crippen molar-refractivity contribution < 1.29 is 22.5 Å². The average Bonchev–Trinajstić information content (AvgIpc) is 3.15. The molecule has 0 unspecified atom stereocenters. The van der Waals surface area contributed by atoms with Gasteiger partial charge in [0.05, 0.1) is 16.2 Å². The second-order valence-corrected chi connectivity index (χ2v) is 10.2. The number of likely N-dealkylation sites (N-methyl/N-ethyl adjacent to an activating group) is 1. The van der Waals surface area contributed by atoms with E-state index in [-0.39, 0.29) is 17.4 Å². The van der Waals surface area contributed by atoms with Crippen molar-refractivity contribution in [3.05, 3.63) is 71.1 Å². The zero-order valence-corrected chi connectivity index (χ0v) is 20.3. The van der Waals surface area contributed by atoms with Crippen LogP contribution in [0.5, 0.6) is 5.75 Å². The van der Waals surface area contributed by atoms with Crippen molar-refractivity contribution in [3.8, 4) is 5.75 Å². The maximum atomic E-state index is 12.9. The molecule has 0 radical (unpaired) electrons. The van der Waals surface area contributed by atoms with Crippen LogP contribution >= 0.6 is 0 Å². The third kappa shape index (κ3) is 5.30. The predicted molar refractivity (Wildman–Crippen MR) is 127 cm³/mol. The van der Waals surface area contributed by atoms with E-state index in [1.807, 2.05) is 20.9 Å². The van der Waals surface area contributed by atoms with Gasteiger partial charge in [0.25, 0.3) is 5.91 Å². The zero-order valence-electron chi connectivity index (χ0n) is 19.4. The minimum Gasteiger partial charge on any atom is -0.489 e. The molecule has 1 N–H and O–H groups in total. The molecule has 1 amide bonds. The summed E-state index contributed by atoms with van der Waals surface area (Å²) < 4.78 is 38.2. The summed E-state index contributed by atoms with van der Waals surface area (Å²) in [5, 5.41) is 6.71. The summed E-state index contributed by atoms with van der Waals surface area (Å²) in [6, 6.07) is 13.1. The molecule has 1 saturated heterocycles. The number of sulfonamides is 1. The van der Waals surface area contributed by atoms with Gasteiger partial charge in [0.1, 0.15) is 18.1 Å². The van der Waals surface area contributed by atoms with Gasteiger partial charge in [-0.25, -0.2) is 8.42 Å². The molecule has 1 aliphatic rings. The van der Waals surface area contributed by atoms with E-state index in [9.17, 15) is 13.2 Å². The molecular formula is C24H28N4O5S. The third-order valence-electron chi connectivity index (χ3n) is 5.87. The first-order valence-corrected chi connectivity index (χ1v) is 12.4. The molecule has 0 bridgehead atoms.